The quantitative estimate of drug-likeness (QED) is 0.496. The van der Waals surface area contributed by atoms with Crippen molar-refractivity contribution >= 4 is 11.8 Å². The molecule has 104 valence electrons. The lowest BCUT2D eigenvalue weighted by atomic mass is 10.1. The van der Waals surface area contributed by atoms with Gasteiger partial charge in [0.1, 0.15) is 17.5 Å². The zero-order valence-corrected chi connectivity index (χ0v) is 10.9. The summed E-state index contributed by atoms with van der Waals surface area (Å²) < 4.78 is 18.0. The third-order valence-electron chi connectivity index (χ3n) is 2.44. The van der Waals surface area contributed by atoms with E-state index >= 15 is 0 Å². The molecule has 0 unspecified atom stereocenters. The molecule has 0 saturated heterocycles. The highest BCUT2D eigenvalue weighted by molar-refractivity contribution is 6.01. The molecule has 6 heteroatoms. The first-order valence-corrected chi connectivity index (χ1v) is 5.74. The Labute approximate surface area is 115 Å². The van der Waals surface area contributed by atoms with Gasteiger partial charge in [-0.3, -0.25) is 9.59 Å². The van der Waals surface area contributed by atoms with Gasteiger partial charge in [0.15, 0.2) is 6.61 Å². The molecule has 1 aromatic carbocycles. The van der Waals surface area contributed by atoms with Crippen LogP contribution in [0.2, 0.25) is 0 Å². The van der Waals surface area contributed by atoms with Crippen molar-refractivity contribution in [3.8, 4) is 6.07 Å². The summed E-state index contributed by atoms with van der Waals surface area (Å²) in [7, 11) is 0. The van der Waals surface area contributed by atoms with Gasteiger partial charge in [0, 0.05) is 5.70 Å². The van der Waals surface area contributed by atoms with E-state index in [1.165, 1.54) is 25.1 Å². The maximum atomic E-state index is 13.3. The second kappa shape index (κ2) is 7.04. The molecular formula is C14H13FN2O3. The molecular weight excluding hydrogens is 263 g/mol. The highest BCUT2D eigenvalue weighted by Gasteiger charge is 2.15. The van der Waals surface area contributed by atoms with Crippen LogP contribution >= 0.6 is 0 Å². The number of hydrogen-bond donors (Lipinski definition) is 1. The molecule has 5 nitrogen and oxygen atoms in total. The fraction of sp³-hybridized carbons (Fsp3) is 0.214. The number of benzene rings is 1. The van der Waals surface area contributed by atoms with Gasteiger partial charge in [0.2, 0.25) is 5.78 Å². The van der Waals surface area contributed by atoms with Gasteiger partial charge < -0.3 is 10.5 Å². The number of ether oxygens (including phenoxy) is 1. The molecule has 0 atom stereocenters. The first kappa shape index (κ1) is 15.4. The number of halogens is 1. The van der Waals surface area contributed by atoms with Crippen LogP contribution in [0.25, 0.3) is 0 Å². The number of carbonyl (C=O) groups excluding carboxylic acids is 2. The summed E-state index contributed by atoms with van der Waals surface area (Å²) in [5, 5.41) is 8.70. The molecule has 0 bridgehead atoms. The summed E-state index contributed by atoms with van der Waals surface area (Å²) in [5.41, 5.74) is 5.33. The predicted molar refractivity (Wildman–Crippen MR) is 68.6 cm³/mol. The van der Waals surface area contributed by atoms with Gasteiger partial charge in [-0.25, -0.2) is 4.39 Å². The van der Waals surface area contributed by atoms with Gasteiger partial charge in [-0.15, -0.1) is 0 Å². The minimum absolute atomic E-state index is 0.0580. The topological polar surface area (TPSA) is 93.2 Å². The van der Waals surface area contributed by atoms with Crippen LogP contribution in [0, 0.1) is 17.1 Å². The smallest absolute Gasteiger partial charge is 0.310 e. The van der Waals surface area contributed by atoms with Crippen LogP contribution in [0.3, 0.4) is 0 Å². The Balaban J connectivity index is 2.58. The van der Waals surface area contributed by atoms with Gasteiger partial charge >= 0.3 is 5.97 Å². The second-order valence-corrected chi connectivity index (χ2v) is 4.02. The number of rotatable bonds is 5. The molecule has 0 aliphatic heterocycles. The third kappa shape index (κ3) is 4.21. The SMILES string of the molecule is C/C(N)=C(\C#N)C(=O)COC(=O)Cc1ccccc1F. The van der Waals surface area contributed by atoms with Gasteiger partial charge in [0.05, 0.1) is 6.42 Å². The van der Waals surface area contributed by atoms with Gasteiger partial charge in [-0.05, 0) is 18.6 Å². The number of nitrogens with zero attached hydrogens (tertiary/aromatic N) is 1. The van der Waals surface area contributed by atoms with Gasteiger partial charge in [0.25, 0.3) is 0 Å². The molecule has 0 spiro atoms. The molecule has 0 heterocycles. The lowest BCUT2D eigenvalue weighted by molar-refractivity contribution is -0.146. The second-order valence-electron chi connectivity index (χ2n) is 4.02. The van der Waals surface area contributed by atoms with Crippen molar-refractivity contribution in [2.45, 2.75) is 13.3 Å². The monoisotopic (exact) mass is 276 g/mol. The average Bonchev–Trinajstić information content (AvgIpc) is 2.39. The minimum Gasteiger partial charge on any atom is -0.457 e. The van der Waals surface area contributed by atoms with Crippen LogP contribution in [0.4, 0.5) is 4.39 Å². The van der Waals surface area contributed by atoms with Crippen molar-refractivity contribution < 1.29 is 18.7 Å². The van der Waals surface area contributed by atoms with Crippen LogP contribution in [0.15, 0.2) is 35.5 Å². The van der Waals surface area contributed by atoms with E-state index in [-0.39, 0.29) is 23.3 Å². The van der Waals surface area contributed by atoms with E-state index in [2.05, 4.69) is 0 Å². The molecule has 0 aromatic heterocycles. The first-order valence-electron chi connectivity index (χ1n) is 5.74. The standard InChI is InChI=1S/C14H13FN2O3/c1-9(17)11(7-16)13(18)8-20-14(19)6-10-4-2-3-5-12(10)15/h2-5H,6,8,17H2,1H3/b11-9-. The molecule has 0 amide bonds. The Hall–Kier alpha value is -2.68. The summed E-state index contributed by atoms with van der Waals surface area (Å²) in [6, 6.07) is 7.40. The van der Waals surface area contributed by atoms with Crippen molar-refractivity contribution in [1.29, 1.82) is 5.26 Å². The predicted octanol–water partition coefficient (Wildman–Crippen LogP) is 1.24. The lowest BCUT2D eigenvalue weighted by Crippen LogP contribution is -2.18. The van der Waals surface area contributed by atoms with Crippen molar-refractivity contribution in [1.82, 2.24) is 0 Å². The Morgan fingerprint density at radius 3 is 2.60 bits per heavy atom. The summed E-state index contributed by atoms with van der Waals surface area (Å²) in [6.45, 7) is 0.808. The van der Waals surface area contributed by atoms with Gasteiger partial charge in [-0.2, -0.15) is 5.26 Å². The number of allylic oxidation sites excluding steroid dienone is 1. The van der Waals surface area contributed by atoms with Crippen molar-refractivity contribution in [2.24, 2.45) is 5.73 Å². The van der Waals surface area contributed by atoms with Crippen LogP contribution < -0.4 is 5.73 Å². The summed E-state index contributed by atoms with van der Waals surface area (Å²) in [5.74, 6) is -1.96. The van der Waals surface area contributed by atoms with Crippen molar-refractivity contribution in [3.05, 3.63) is 46.9 Å². The van der Waals surface area contributed by atoms with Crippen LogP contribution in [0.5, 0.6) is 0 Å². The van der Waals surface area contributed by atoms with E-state index in [1.807, 2.05) is 0 Å². The van der Waals surface area contributed by atoms with Crippen LogP contribution in [-0.2, 0) is 20.7 Å². The molecule has 20 heavy (non-hydrogen) atoms. The molecule has 1 aromatic rings. The highest BCUT2D eigenvalue weighted by Crippen LogP contribution is 2.08. The van der Waals surface area contributed by atoms with E-state index in [0.717, 1.165) is 0 Å². The Bertz CT molecular complexity index is 599. The summed E-state index contributed by atoms with van der Waals surface area (Å²) >= 11 is 0. The number of hydrogen-bond acceptors (Lipinski definition) is 5. The molecule has 0 saturated carbocycles. The van der Waals surface area contributed by atoms with Gasteiger partial charge in [-0.1, -0.05) is 18.2 Å². The van der Waals surface area contributed by atoms with E-state index in [1.54, 1.807) is 12.1 Å². The van der Waals surface area contributed by atoms with E-state index < -0.39 is 24.2 Å². The molecule has 0 fully saturated rings. The molecule has 0 radical (unpaired) electrons. The fourth-order valence-corrected chi connectivity index (χ4v) is 1.44. The van der Waals surface area contributed by atoms with Crippen LogP contribution in [0.1, 0.15) is 12.5 Å². The molecule has 1 rings (SSSR count). The van der Waals surface area contributed by atoms with E-state index in [0.29, 0.717) is 0 Å². The Morgan fingerprint density at radius 2 is 2.05 bits per heavy atom. The fourth-order valence-electron chi connectivity index (χ4n) is 1.44. The third-order valence-corrected chi connectivity index (χ3v) is 2.44. The summed E-state index contributed by atoms with van der Waals surface area (Å²) in [6.07, 6.45) is -0.285. The number of ketones is 1. The average molecular weight is 276 g/mol. The summed E-state index contributed by atoms with van der Waals surface area (Å²) in [4.78, 5) is 23.0. The molecule has 0 aliphatic rings. The molecule has 0 aliphatic carbocycles. The Kier molecular flexibility index (Phi) is 5.42. The van der Waals surface area contributed by atoms with E-state index in [9.17, 15) is 14.0 Å². The number of nitrogens with two attached hydrogens (primary N) is 1. The van der Waals surface area contributed by atoms with Crippen LogP contribution in [-0.4, -0.2) is 18.4 Å². The number of carbonyl (C=O) groups is 2. The van der Waals surface area contributed by atoms with E-state index in [4.69, 9.17) is 15.7 Å². The van der Waals surface area contributed by atoms with Crippen molar-refractivity contribution in [3.63, 3.8) is 0 Å². The maximum Gasteiger partial charge on any atom is 0.310 e. The van der Waals surface area contributed by atoms with Crippen molar-refractivity contribution in [2.75, 3.05) is 6.61 Å². The number of nitriles is 1. The first-order chi connectivity index (χ1) is 9.45. The number of esters is 1. The maximum absolute atomic E-state index is 13.3. The largest absolute Gasteiger partial charge is 0.457 e. The minimum atomic E-state index is -0.754. The zero-order valence-electron chi connectivity index (χ0n) is 10.9. The Morgan fingerprint density at radius 1 is 1.40 bits per heavy atom. The number of Topliss-reactive ketones (excluding diaryl/α,β-unsaturated/α-hetero) is 1. The normalized spacial score (nSPS) is 11.2. The molecule has 2 N–H and O–H groups in total. The lowest BCUT2D eigenvalue weighted by Gasteiger charge is -2.05. The zero-order chi connectivity index (χ0) is 15.1. The highest BCUT2D eigenvalue weighted by atomic mass is 19.1.